The van der Waals surface area contributed by atoms with Crippen molar-refractivity contribution in [3.8, 4) is 17.4 Å². The van der Waals surface area contributed by atoms with E-state index in [1.54, 1.807) is 31.4 Å². The third-order valence-corrected chi connectivity index (χ3v) is 9.33. The third kappa shape index (κ3) is 5.09. The highest BCUT2D eigenvalue weighted by molar-refractivity contribution is 7.91. The summed E-state index contributed by atoms with van der Waals surface area (Å²) < 4.78 is 44.3. The molecule has 2 saturated heterocycles. The zero-order valence-electron chi connectivity index (χ0n) is 20.8. The highest BCUT2D eigenvalue weighted by atomic mass is 35.5. The number of ether oxygens (including phenoxy) is 3. The van der Waals surface area contributed by atoms with Crippen molar-refractivity contribution in [2.75, 3.05) is 75.1 Å². The minimum Gasteiger partial charge on any atom is -0.497 e. The summed E-state index contributed by atoms with van der Waals surface area (Å²) in [4.78, 5) is 11.4. The SMILES string of the molecule is CCN1CCN(c2nc(Oc3ccc(OC)cc3)c3c(c2Cl)S(=O)(=O)CCN3C[C@H]2CCCO2)CC1. The summed E-state index contributed by atoms with van der Waals surface area (Å²) in [5.74, 6) is 1.92. The second-order valence-corrected chi connectivity index (χ2v) is 11.8. The Hall–Kier alpha value is -2.27. The Morgan fingerprint density at radius 3 is 2.47 bits per heavy atom. The number of methoxy groups -OCH3 is 1. The third-order valence-electron chi connectivity index (χ3n) is 7.12. The molecule has 5 rings (SSSR count). The van der Waals surface area contributed by atoms with E-state index in [0.717, 1.165) is 39.1 Å². The van der Waals surface area contributed by atoms with Crippen LogP contribution in [0.1, 0.15) is 19.8 Å². The number of pyridine rings is 1. The van der Waals surface area contributed by atoms with Gasteiger partial charge in [-0.2, -0.15) is 4.98 Å². The van der Waals surface area contributed by atoms with Crippen LogP contribution in [0.5, 0.6) is 17.4 Å². The minimum atomic E-state index is -3.63. The van der Waals surface area contributed by atoms with Crippen molar-refractivity contribution < 1.29 is 22.6 Å². The normalized spacial score (nSPS) is 21.9. The molecule has 36 heavy (non-hydrogen) atoms. The molecule has 0 bridgehead atoms. The standard InChI is InChI=1S/C25H33ClN4O5S/c1-3-28-10-12-29(13-11-28)24-21(26)23-22(25(27-24)35-19-8-6-18(33-2)7-9-19)30(14-16-36(23,31)32)17-20-5-4-15-34-20/h6-9,20H,3-5,10-17H2,1-2H3/t20-/m1/s1. The van der Waals surface area contributed by atoms with E-state index < -0.39 is 9.84 Å². The summed E-state index contributed by atoms with van der Waals surface area (Å²) in [6.07, 6.45) is 1.97. The lowest BCUT2D eigenvalue weighted by atomic mass is 10.2. The highest BCUT2D eigenvalue weighted by Gasteiger charge is 2.39. The number of hydrogen-bond acceptors (Lipinski definition) is 9. The predicted molar refractivity (Wildman–Crippen MR) is 140 cm³/mol. The van der Waals surface area contributed by atoms with Crippen LogP contribution in [-0.4, -0.2) is 89.7 Å². The van der Waals surface area contributed by atoms with Gasteiger partial charge in [-0.25, -0.2) is 8.42 Å². The molecule has 4 heterocycles. The smallest absolute Gasteiger partial charge is 0.246 e. The van der Waals surface area contributed by atoms with E-state index in [0.29, 0.717) is 49.2 Å². The van der Waals surface area contributed by atoms with E-state index in [4.69, 9.17) is 30.8 Å². The molecule has 0 radical (unpaired) electrons. The van der Waals surface area contributed by atoms with Gasteiger partial charge in [0.1, 0.15) is 27.1 Å². The molecule has 196 valence electrons. The van der Waals surface area contributed by atoms with Gasteiger partial charge in [0.2, 0.25) is 5.88 Å². The summed E-state index contributed by atoms with van der Waals surface area (Å²) in [5.41, 5.74) is 0.425. The molecule has 3 aliphatic heterocycles. The van der Waals surface area contributed by atoms with Gasteiger partial charge in [0, 0.05) is 45.9 Å². The number of benzene rings is 1. The second kappa shape index (κ2) is 10.6. The Balaban J connectivity index is 1.60. The molecule has 0 spiro atoms. The molecule has 0 amide bonds. The summed E-state index contributed by atoms with van der Waals surface area (Å²) in [7, 11) is -2.03. The number of rotatable bonds is 7. The van der Waals surface area contributed by atoms with Crippen LogP contribution in [0, 0.1) is 0 Å². The van der Waals surface area contributed by atoms with Crippen LogP contribution in [0.25, 0.3) is 0 Å². The van der Waals surface area contributed by atoms with E-state index >= 15 is 0 Å². The number of aromatic nitrogens is 1. The largest absolute Gasteiger partial charge is 0.497 e. The van der Waals surface area contributed by atoms with Crippen molar-refractivity contribution in [2.45, 2.75) is 30.8 Å². The molecular weight excluding hydrogens is 504 g/mol. The first-order valence-corrected chi connectivity index (χ1v) is 14.5. The Labute approximate surface area is 217 Å². The molecule has 9 nitrogen and oxygen atoms in total. The van der Waals surface area contributed by atoms with Gasteiger partial charge in [0.15, 0.2) is 15.7 Å². The Morgan fingerprint density at radius 2 is 1.83 bits per heavy atom. The molecule has 2 aromatic rings. The fourth-order valence-corrected chi connectivity index (χ4v) is 7.18. The van der Waals surface area contributed by atoms with E-state index in [-0.39, 0.29) is 27.7 Å². The van der Waals surface area contributed by atoms with Gasteiger partial charge in [-0.3, -0.25) is 0 Å². The molecule has 3 aliphatic rings. The first-order chi connectivity index (χ1) is 17.4. The van der Waals surface area contributed by atoms with Crippen LogP contribution in [-0.2, 0) is 14.6 Å². The van der Waals surface area contributed by atoms with Crippen molar-refractivity contribution in [3.05, 3.63) is 29.3 Å². The zero-order chi connectivity index (χ0) is 25.3. The molecule has 0 N–H and O–H groups in total. The fourth-order valence-electron chi connectivity index (χ4n) is 5.04. The van der Waals surface area contributed by atoms with E-state index in [1.807, 2.05) is 4.90 Å². The number of halogens is 1. The molecule has 0 aliphatic carbocycles. The predicted octanol–water partition coefficient (Wildman–Crippen LogP) is 3.45. The van der Waals surface area contributed by atoms with Gasteiger partial charge in [-0.1, -0.05) is 18.5 Å². The van der Waals surface area contributed by atoms with E-state index in [2.05, 4.69) is 16.7 Å². The molecule has 0 saturated carbocycles. The van der Waals surface area contributed by atoms with Crippen LogP contribution < -0.4 is 19.3 Å². The van der Waals surface area contributed by atoms with Crippen LogP contribution in [0.4, 0.5) is 11.5 Å². The van der Waals surface area contributed by atoms with E-state index in [9.17, 15) is 8.42 Å². The molecule has 11 heteroatoms. The number of piperazine rings is 1. The lowest BCUT2D eigenvalue weighted by molar-refractivity contribution is 0.115. The van der Waals surface area contributed by atoms with Crippen LogP contribution in [0.3, 0.4) is 0 Å². The summed E-state index contributed by atoms with van der Waals surface area (Å²) >= 11 is 6.88. The zero-order valence-corrected chi connectivity index (χ0v) is 22.4. The van der Waals surface area contributed by atoms with Crippen molar-refractivity contribution in [1.29, 1.82) is 0 Å². The number of anilines is 2. The monoisotopic (exact) mass is 536 g/mol. The molecule has 1 aromatic heterocycles. The number of nitrogens with zero attached hydrogens (tertiary/aromatic N) is 4. The maximum absolute atomic E-state index is 13.4. The Kier molecular flexibility index (Phi) is 7.48. The van der Waals surface area contributed by atoms with Crippen molar-refractivity contribution in [1.82, 2.24) is 9.88 Å². The average molecular weight is 537 g/mol. The molecule has 1 atom stereocenters. The average Bonchev–Trinajstić information content (AvgIpc) is 3.40. The van der Waals surface area contributed by atoms with Gasteiger partial charge >= 0.3 is 0 Å². The maximum Gasteiger partial charge on any atom is 0.246 e. The van der Waals surface area contributed by atoms with Crippen molar-refractivity contribution in [3.63, 3.8) is 0 Å². The van der Waals surface area contributed by atoms with Gasteiger partial charge in [0.05, 0.1) is 19.0 Å². The number of sulfone groups is 1. The first-order valence-electron chi connectivity index (χ1n) is 12.5. The van der Waals surface area contributed by atoms with Crippen LogP contribution in [0.15, 0.2) is 29.2 Å². The highest BCUT2D eigenvalue weighted by Crippen LogP contribution is 2.47. The Morgan fingerprint density at radius 1 is 1.11 bits per heavy atom. The molecular formula is C25H33ClN4O5S. The summed E-state index contributed by atoms with van der Waals surface area (Å²) in [6, 6.07) is 7.15. The fraction of sp³-hybridized carbons (Fsp3) is 0.560. The van der Waals surface area contributed by atoms with Crippen molar-refractivity contribution in [2.24, 2.45) is 0 Å². The van der Waals surface area contributed by atoms with Gasteiger partial charge in [0.25, 0.3) is 0 Å². The van der Waals surface area contributed by atoms with E-state index in [1.165, 1.54) is 0 Å². The topological polar surface area (TPSA) is 84.4 Å². The molecule has 0 unspecified atom stereocenters. The maximum atomic E-state index is 13.4. The second-order valence-electron chi connectivity index (χ2n) is 9.33. The number of hydrogen-bond donors (Lipinski definition) is 0. The van der Waals surface area contributed by atoms with Gasteiger partial charge in [-0.05, 0) is 43.7 Å². The number of likely N-dealkylation sites (N-methyl/N-ethyl adjacent to an activating group) is 1. The van der Waals surface area contributed by atoms with Crippen LogP contribution in [0.2, 0.25) is 5.02 Å². The summed E-state index contributed by atoms with van der Waals surface area (Å²) in [6.45, 7) is 7.86. The lowest BCUT2D eigenvalue weighted by Crippen LogP contribution is -2.47. The quantitative estimate of drug-likeness (QED) is 0.528. The van der Waals surface area contributed by atoms with Gasteiger partial charge in [-0.15, -0.1) is 0 Å². The van der Waals surface area contributed by atoms with Gasteiger partial charge < -0.3 is 28.9 Å². The Bertz CT molecular complexity index is 1180. The number of fused-ring (bicyclic) bond motifs is 1. The first kappa shape index (κ1) is 25.4. The summed E-state index contributed by atoms with van der Waals surface area (Å²) in [5, 5.41) is 0.175. The minimum absolute atomic E-state index is 0.0124. The molecule has 1 aromatic carbocycles. The van der Waals surface area contributed by atoms with Crippen molar-refractivity contribution >= 4 is 32.9 Å². The lowest BCUT2D eigenvalue weighted by Gasteiger charge is -2.38. The van der Waals surface area contributed by atoms with Crippen LogP contribution >= 0.6 is 11.6 Å². The molecule has 2 fully saturated rings.